The minimum atomic E-state index is 0. The van der Waals surface area contributed by atoms with E-state index in [1.807, 2.05) is 48.5 Å². The van der Waals surface area contributed by atoms with Gasteiger partial charge in [0.25, 0.3) is 0 Å². The Balaban J connectivity index is -0.000000107. The smallest absolute Gasteiger partial charge is 1.00 e. The second-order valence-corrected chi connectivity index (χ2v) is 2.88. The second kappa shape index (κ2) is 19.5. The van der Waals surface area contributed by atoms with E-state index in [0.29, 0.717) is 0 Å². The third kappa shape index (κ3) is 13.5. The van der Waals surface area contributed by atoms with Crippen molar-refractivity contribution in [1.82, 2.24) is 0 Å². The van der Waals surface area contributed by atoms with E-state index in [1.165, 1.54) is 0 Å². The van der Waals surface area contributed by atoms with Gasteiger partial charge >= 0.3 is 46.1 Å². The molecule has 0 unspecified atom stereocenters. The first-order valence-corrected chi connectivity index (χ1v) is 4.87. The van der Waals surface area contributed by atoms with Crippen LogP contribution in [0.3, 0.4) is 0 Å². The van der Waals surface area contributed by atoms with Gasteiger partial charge < -0.3 is 43.4 Å². The predicted molar refractivity (Wildman–Crippen MR) is 75.2 cm³/mol. The Labute approximate surface area is 174 Å². The predicted octanol–water partition coefficient (Wildman–Crippen LogP) is -3.76. The van der Waals surface area contributed by atoms with Gasteiger partial charge in [-0.05, 0) is 0 Å². The fourth-order valence-electron chi connectivity index (χ4n) is 1.02. The molecule has 0 aliphatic carbocycles. The van der Waals surface area contributed by atoms with Crippen LogP contribution >= 0.6 is 0 Å². The molecule has 0 fully saturated rings. The van der Waals surface area contributed by atoms with Crippen LogP contribution in [0.25, 0.3) is 0 Å². The summed E-state index contributed by atoms with van der Waals surface area (Å²) in [5.41, 5.74) is 0. The van der Waals surface area contributed by atoms with E-state index < -0.39 is 0 Å². The van der Waals surface area contributed by atoms with E-state index >= 15 is 0 Å². The molecule has 0 atom stereocenters. The molecule has 0 saturated carbocycles. The Hall–Kier alpha value is 0.532. The van der Waals surface area contributed by atoms with Gasteiger partial charge in [0.15, 0.2) is 0 Å². The quantitative estimate of drug-likeness (QED) is 0.366. The topological polar surface area (TPSA) is 18.5 Å². The van der Waals surface area contributed by atoms with Crippen molar-refractivity contribution in [2.45, 2.75) is 0 Å². The monoisotopic (exact) mass is 420 g/mol. The van der Waals surface area contributed by atoms with Crippen molar-refractivity contribution in [2.24, 2.45) is 0 Å². The molecule has 2 rings (SSSR count). The molecule has 0 radical (unpaired) electrons. The SMILES string of the molecule is COc1cc[c-]cc1.COc1cc[c-]cc1.[Br-].[Br-].[Mg+2].[Mg+2]. The Bertz CT molecular complexity index is 349. The maximum Gasteiger partial charge on any atom is 2.00 e. The average Bonchev–Trinajstić information content (AvgIpc) is 2.41. The molecule has 0 aromatic heterocycles. The molecule has 0 aliphatic heterocycles. The summed E-state index contributed by atoms with van der Waals surface area (Å²) in [6, 6.07) is 20.5. The summed E-state index contributed by atoms with van der Waals surface area (Å²) >= 11 is 0. The van der Waals surface area contributed by atoms with Crippen molar-refractivity contribution in [2.75, 3.05) is 14.2 Å². The molecule has 0 saturated heterocycles. The van der Waals surface area contributed by atoms with Crippen molar-refractivity contribution in [3.05, 3.63) is 60.7 Å². The molecular weight excluding hydrogens is 409 g/mol. The molecule has 6 heteroatoms. The third-order valence-electron chi connectivity index (χ3n) is 1.85. The van der Waals surface area contributed by atoms with Crippen molar-refractivity contribution >= 4 is 46.1 Å². The first-order chi connectivity index (χ1) is 7.86. The van der Waals surface area contributed by atoms with Crippen LogP contribution in [-0.2, 0) is 0 Å². The van der Waals surface area contributed by atoms with E-state index in [4.69, 9.17) is 9.47 Å². The summed E-state index contributed by atoms with van der Waals surface area (Å²) in [7, 11) is 3.30. The van der Waals surface area contributed by atoms with E-state index in [-0.39, 0.29) is 80.1 Å². The minimum Gasteiger partial charge on any atom is -1.00 e. The Kier molecular flexibility index (Phi) is 28.0. The van der Waals surface area contributed by atoms with Gasteiger partial charge in [-0.2, -0.15) is 36.4 Å². The first-order valence-electron chi connectivity index (χ1n) is 4.87. The first kappa shape index (κ1) is 28.7. The van der Waals surface area contributed by atoms with Gasteiger partial charge in [-0.25, -0.2) is 0 Å². The molecule has 100 valence electrons. The molecule has 0 bridgehead atoms. The fraction of sp³-hybridized carbons (Fsp3) is 0.143. The zero-order valence-corrected chi connectivity index (χ0v) is 17.6. The molecular formula is C14H14Br2Mg2O2. The van der Waals surface area contributed by atoms with Crippen LogP contribution in [0.5, 0.6) is 11.5 Å². The van der Waals surface area contributed by atoms with Crippen LogP contribution in [0.4, 0.5) is 0 Å². The van der Waals surface area contributed by atoms with E-state index in [1.54, 1.807) is 14.2 Å². The summed E-state index contributed by atoms with van der Waals surface area (Å²) in [5, 5.41) is 0. The van der Waals surface area contributed by atoms with Crippen molar-refractivity contribution in [1.29, 1.82) is 0 Å². The Morgan fingerprint density at radius 2 is 0.900 bits per heavy atom. The van der Waals surface area contributed by atoms with E-state index in [9.17, 15) is 0 Å². The molecule has 20 heavy (non-hydrogen) atoms. The zero-order chi connectivity index (χ0) is 11.6. The number of methoxy groups -OCH3 is 2. The van der Waals surface area contributed by atoms with Crippen LogP contribution in [0.15, 0.2) is 48.5 Å². The molecule has 0 aliphatic rings. The van der Waals surface area contributed by atoms with Crippen molar-refractivity contribution < 1.29 is 43.4 Å². The van der Waals surface area contributed by atoms with Gasteiger partial charge in [-0.1, -0.05) is 0 Å². The van der Waals surface area contributed by atoms with Crippen molar-refractivity contribution in [3.8, 4) is 11.5 Å². The maximum absolute atomic E-state index is 4.89. The van der Waals surface area contributed by atoms with Gasteiger partial charge in [-0.15, -0.1) is 24.3 Å². The normalized spacial score (nSPS) is 6.90. The van der Waals surface area contributed by atoms with Gasteiger partial charge in [0.1, 0.15) is 0 Å². The largest absolute Gasteiger partial charge is 2.00 e. The number of benzene rings is 2. The fourth-order valence-corrected chi connectivity index (χ4v) is 1.02. The minimum absolute atomic E-state index is 0. The average molecular weight is 423 g/mol. The molecule has 2 aromatic rings. The number of rotatable bonds is 2. The molecule has 0 heterocycles. The second-order valence-electron chi connectivity index (χ2n) is 2.88. The Morgan fingerprint density at radius 3 is 1.05 bits per heavy atom. The van der Waals surface area contributed by atoms with Crippen LogP contribution in [0, 0.1) is 12.1 Å². The van der Waals surface area contributed by atoms with Gasteiger partial charge in [0, 0.05) is 11.5 Å². The number of ether oxygens (including phenoxy) is 2. The standard InChI is InChI=1S/2C7H7O.2BrH.2Mg/c2*1-8-7-5-3-2-4-6-7;;;;/h2*3-6H,1H3;2*1H;;/q2*-1;;;2*+2/p-2. The summed E-state index contributed by atoms with van der Waals surface area (Å²) in [5.74, 6) is 1.76. The van der Waals surface area contributed by atoms with Gasteiger partial charge in [0.05, 0.1) is 14.2 Å². The third-order valence-corrected chi connectivity index (χ3v) is 1.85. The number of hydrogen-bond donors (Lipinski definition) is 0. The summed E-state index contributed by atoms with van der Waals surface area (Å²) in [6.07, 6.45) is 0. The number of halogens is 2. The molecule has 2 aromatic carbocycles. The molecule has 0 spiro atoms. The van der Waals surface area contributed by atoms with E-state index in [0.717, 1.165) is 11.5 Å². The van der Waals surface area contributed by atoms with E-state index in [2.05, 4.69) is 12.1 Å². The zero-order valence-electron chi connectivity index (χ0n) is 11.6. The van der Waals surface area contributed by atoms with Crippen LogP contribution in [0.2, 0.25) is 0 Å². The summed E-state index contributed by atoms with van der Waals surface area (Å²) in [6.45, 7) is 0. The van der Waals surface area contributed by atoms with Crippen LogP contribution < -0.4 is 43.4 Å². The molecule has 0 amide bonds. The Morgan fingerprint density at radius 1 is 0.650 bits per heavy atom. The van der Waals surface area contributed by atoms with Crippen molar-refractivity contribution in [3.63, 3.8) is 0 Å². The van der Waals surface area contributed by atoms with Gasteiger partial charge in [-0.3, -0.25) is 0 Å². The van der Waals surface area contributed by atoms with Crippen LogP contribution in [0.1, 0.15) is 0 Å². The number of hydrogen-bond acceptors (Lipinski definition) is 2. The van der Waals surface area contributed by atoms with Gasteiger partial charge in [0.2, 0.25) is 0 Å². The maximum atomic E-state index is 4.89. The molecule has 2 nitrogen and oxygen atoms in total. The summed E-state index contributed by atoms with van der Waals surface area (Å²) < 4.78 is 9.79. The van der Waals surface area contributed by atoms with Crippen LogP contribution in [-0.4, -0.2) is 60.3 Å². The molecule has 0 N–H and O–H groups in total. The summed E-state index contributed by atoms with van der Waals surface area (Å²) in [4.78, 5) is 0.